The van der Waals surface area contributed by atoms with Crippen LogP contribution in [0.1, 0.15) is 30.4 Å². The van der Waals surface area contributed by atoms with E-state index in [4.69, 9.17) is 0 Å². The minimum absolute atomic E-state index is 0.340. The van der Waals surface area contributed by atoms with Crippen molar-refractivity contribution in [2.24, 2.45) is 7.05 Å². The molecule has 1 fully saturated rings. The average Bonchev–Trinajstić information content (AvgIpc) is 3.09. The Bertz CT molecular complexity index is 579. The van der Waals surface area contributed by atoms with E-state index in [-0.39, 0.29) is 0 Å². The second kappa shape index (κ2) is 5.58. The predicted molar refractivity (Wildman–Crippen MR) is 77.2 cm³/mol. The molecule has 0 saturated carbocycles. The number of imidazole rings is 1. The monoisotopic (exact) mass is 272 g/mol. The molecule has 1 saturated heterocycles. The Labute approximate surface area is 118 Å². The fraction of sp³-hybridized carbons (Fsp3) is 0.500. The van der Waals surface area contributed by atoms with Crippen LogP contribution in [0.25, 0.3) is 0 Å². The highest BCUT2D eigenvalue weighted by Crippen LogP contribution is 2.31. The zero-order chi connectivity index (χ0) is 13.9. The van der Waals surface area contributed by atoms with Crippen LogP contribution < -0.4 is 5.32 Å². The van der Waals surface area contributed by atoms with Gasteiger partial charge in [-0.15, -0.1) is 0 Å². The van der Waals surface area contributed by atoms with Crippen LogP contribution in [-0.4, -0.2) is 38.0 Å². The van der Waals surface area contributed by atoms with Crippen LogP contribution in [0, 0.1) is 0 Å². The number of rotatable bonds is 4. The molecular weight excluding hydrogens is 252 g/mol. The van der Waals surface area contributed by atoms with E-state index in [2.05, 4.69) is 29.7 Å². The van der Waals surface area contributed by atoms with Gasteiger partial charge in [0.05, 0.1) is 30.7 Å². The van der Waals surface area contributed by atoms with Crippen molar-refractivity contribution >= 4 is 5.82 Å². The third kappa shape index (κ3) is 2.51. The van der Waals surface area contributed by atoms with Gasteiger partial charge < -0.3 is 9.88 Å². The summed E-state index contributed by atoms with van der Waals surface area (Å²) >= 11 is 0. The van der Waals surface area contributed by atoms with Gasteiger partial charge in [-0.1, -0.05) is 0 Å². The van der Waals surface area contributed by atoms with Crippen molar-refractivity contribution in [3.05, 3.63) is 36.3 Å². The molecule has 0 spiro atoms. The standard InChI is InChI=1S/C14H20N6/c1-15-13-9-16-8-11(18-13)12-4-3-6-20(12)10-14-17-5-7-19(14)2/h5,7-9,12H,3-4,6,10H2,1-2H3,(H,15,18). The lowest BCUT2D eigenvalue weighted by Gasteiger charge is -2.23. The predicted octanol–water partition coefficient (Wildman–Crippen LogP) is 1.59. The Morgan fingerprint density at radius 1 is 1.40 bits per heavy atom. The first-order valence-corrected chi connectivity index (χ1v) is 6.98. The number of aryl methyl sites for hydroxylation is 1. The Hall–Kier alpha value is -1.95. The largest absolute Gasteiger partial charge is 0.372 e. The van der Waals surface area contributed by atoms with Gasteiger partial charge in [0.1, 0.15) is 11.6 Å². The first-order chi connectivity index (χ1) is 9.78. The highest BCUT2D eigenvalue weighted by atomic mass is 15.2. The molecule has 0 amide bonds. The molecule has 6 nitrogen and oxygen atoms in total. The number of likely N-dealkylation sites (tertiary alicyclic amines) is 1. The van der Waals surface area contributed by atoms with Crippen molar-refractivity contribution in [3.63, 3.8) is 0 Å². The van der Waals surface area contributed by atoms with Crippen LogP contribution in [0.4, 0.5) is 5.82 Å². The maximum atomic E-state index is 4.63. The molecule has 1 unspecified atom stereocenters. The number of hydrogen-bond donors (Lipinski definition) is 1. The van der Waals surface area contributed by atoms with Crippen molar-refractivity contribution < 1.29 is 0 Å². The fourth-order valence-corrected chi connectivity index (χ4v) is 2.74. The zero-order valence-electron chi connectivity index (χ0n) is 12.0. The molecule has 20 heavy (non-hydrogen) atoms. The van der Waals surface area contributed by atoms with E-state index in [0.717, 1.165) is 36.8 Å². The van der Waals surface area contributed by atoms with Crippen LogP contribution in [0.3, 0.4) is 0 Å². The van der Waals surface area contributed by atoms with Crippen molar-refractivity contribution in [2.45, 2.75) is 25.4 Å². The second-order valence-electron chi connectivity index (χ2n) is 5.16. The molecule has 0 radical (unpaired) electrons. The number of nitrogens with zero attached hydrogens (tertiary/aromatic N) is 5. The molecule has 0 aliphatic carbocycles. The van der Waals surface area contributed by atoms with Gasteiger partial charge in [0, 0.05) is 26.5 Å². The van der Waals surface area contributed by atoms with E-state index in [0.29, 0.717) is 6.04 Å². The maximum Gasteiger partial charge on any atom is 0.144 e. The SMILES string of the molecule is CNc1cncc(C2CCCN2Cc2nccn2C)n1. The molecular formula is C14H20N6. The van der Waals surface area contributed by atoms with E-state index in [1.165, 1.54) is 6.42 Å². The lowest BCUT2D eigenvalue weighted by molar-refractivity contribution is 0.236. The summed E-state index contributed by atoms with van der Waals surface area (Å²) in [6.45, 7) is 1.95. The van der Waals surface area contributed by atoms with Gasteiger partial charge in [0.25, 0.3) is 0 Å². The second-order valence-corrected chi connectivity index (χ2v) is 5.16. The average molecular weight is 272 g/mol. The highest BCUT2D eigenvalue weighted by Gasteiger charge is 2.28. The van der Waals surface area contributed by atoms with Gasteiger partial charge in [-0.3, -0.25) is 9.88 Å². The Morgan fingerprint density at radius 2 is 2.30 bits per heavy atom. The summed E-state index contributed by atoms with van der Waals surface area (Å²) in [6, 6.07) is 0.340. The molecule has 3 rings (SSSR count). The number of anilines is 1. The topological polar surface area (TPSA) is 58.9 Å². The van der Waals surface area contributed by atoms with Gasteiger partial charge in [-0.05, 0) is 19.4 Å². The summed E-state index contributed by atoms with van der Waals surface area (Å²) in [4.78, 5) is 15.8. The van der Waals surface area contributed by atoms with E-state index in [9.17, 15) is 0 Å². The first-order valence-electron chi connectivity index (χ1n) is 6.98. The minimum atomic E-state index is 0.340. The quantitative estimate of drug-likeness (QED) is 0.916. The van der Waals surface area contributed by atoms with Gasteiger partial charge in [-0.25, -0.2) is 9.97 Å². The molecule has 106 valence electrons. The third-order valence-corrected chi connectivity index (χ3v) is 3.88. The molecule has 1 aliphatic heterocycles. The third-order valence-electron chi connectivity index (χ3n) is 3.88. The maximum absolute atomic E-state index is 4.63. The number of hydrogen-bond acceptors (Lipinski definition) is 5. The summed E-state index contributed by atoms with van der Waals surface area (Å²) in [7, 11) is 3.91. The number of nitrogens with one attached hydrogen (secondary N) is 1. The summed E-state index contributed by atoms with van der Waals surface area (Å²) in [6.07, 6.45) is 9.79. The molecule has 1 aliphatic rings. The molecule has 0 aromatic carbocycles. The molecule has 3 heterocycles. The van der Waals surface area contributed by atoms with Gasteiger partial charge in [0.2, 0.25) is 0 Å². The van der Waals surface area contributed by atoms with E-state index < -0.39 is 0 Å². The summed E-state index contributed by atoms with van der Waals surface area (Å²) in [5.41, 5.74) is 1.04. The lowest BCUT2D eigenvalue weighted by atomic mass is 10.1. The van der Waals surface area contributed by atoms with Gasteiger partial charge in [0.15, 0.2) is 0 Å². The van der Waals surface area contributed by atoms with Gasteiger partial charge >= 0.3 is 0 Å². The van der Waals surface area contributed by atoms with Crippen LogP contribution in [0.5, 0.6) is 0 Å². The lowest BCUT2D eigenvalue weighted by Crippen LogP contribution is -2.25. The van der Waals surface area contributed by atoms with Crippen molar-refractivity contribution in [1.82, 2.24) is 24.4 Å². The fourth-order valence-electron chi connectivity index (χ4n) is 2.74. The van der Waals surface area contributed by atoms with Crippen molar-refractivity contribution in [3.8, 4) is 0 Å². The minimum Gasteiger partial charge on any atom is -0.372 e. The van der Waals surface area contributed by atoms with Crippen LogP contribution in [0.2, 0.25) is 0 Å². The zero-order valence-corrected chi connectivity index (χ0v) is 12.0. The smallest absolute Gasteiger partial charge is 0.144 e. The normalized spacial score (nSPS) is 19.4. The molecule has 2 aromatic rings. The molecule has 2 aromatic heterocycles. The Kier molecular flexibility index (Phi) is 3.64. The molecule has 1 atom stereocenters. The summed E-state index contributed by atoms with van der Waals surface area (Å²) < 4.78 is 2.07. The Balaban J connectivity index is 1.79. The Morgan fingerprint density at radius 3 is 3.05 bits per heavy atom. The van der Waals surface area contributed by atoms with Crippen LogP contribution in [-0.2, 0) is 13.6 Å². The summed E-state index contributed by atoms with van der Waals surface area (Å²) in [5, 5.41) is 3.05. The van der Waals surface area contributed by atoms with E-state index in [1.54, 1.807) is 6.20 Å². The van der Waals surface area contributed by atoms with E-state index in [1.807, 2.05) is 32.7 Å². The van der Waals surface area contributed by atoms with Crippen molar-refractivity contribution in [2.75, 3.05) is 18.9 Å². The van der Waals surface area contributed by atoms with Gasteiger partial charge in [-0.2, -0.15) is 0 Å². The van der Waals surface area contributed by atoms with Crippen molar-refractivity contribution in [1.29, 1.82) is 0 Å². The summed E-state index contributed by atoms with van der Waals surface area (Å²) in [5.74, 6) is 1.92. The van der Waals surface area contributed by atoms with Crippen LogP contribution in [0.15, 0.2) is 24.8 Å². The van der Waals surface area contributed by atoms with Crippen LogP contribution >= 0.6 is 0 Å². The molecule has 0 bridgehead atoms. The number of aromatic nitrogens is 4. The first kappa shape index (κ1) is 13.1. The van der Waals surface area contributed by atoms with E-state index >= 15 is 0 Å². The highest BCUT2D eigenvalue weighted by molar-refractivity contribution is 5.31. The molecule has 6 heteroatoms. The molecule has 1 N–H and O–H groups in total.